The van der Waals surface area contributed by atoms with Crippen LogP contribution < -0.4 is 5.43 Å². The van der Waals surface area contributed by atoms with Gasteiger partial charge in [-0.3, -0.25) is 5.43 Å². The molecule has 0 fully saturated rings. The minimum atomic E-state index is -0.340. The van der Waals surface area contributed by atoms with Crippen LogP contribution in [0.2, 0.25) is 5.02 Å². The lowest BCUT2D eigenvalue weighted by Gasteiger charge is -2.04. The number of nitrogens with zero attached hydrogens (tertiary/aromatic N) is 3. The van der Waals surface area contributed by atoms with E-state index in [0.717, 1.165) is 23.1 Å². The Hall–Kier alpha value is -2.38. The molecule has 122 valence electrons. The van der Waals surface area contributed by atoms with Crippen LogP contribution in [0.3, 0.4) is 0 Å². The van der Waals surface area contributed by atoms with Crippen molar-refractivity contribution in [2.45, 2.75) is 19.3 Å². The predicted octanol–water partition coefficient (Wildman–Crippen LogP) is 3.69. The van der Waals surface area contributed by atoms with Gasteiger partial charge in [-0.2, -0.15) is 5.10 Å². The second-order valence-electron chi connectivity index (χ2n) is 5.50. The monoisotopic (exact) mass is 360 g/mol. The number of halogens is 1. The third kappa shape index (κ3) is 2.55. The average molecular weight is 361 g/mol. The van der Waals surface area contributed by atoms with Gasteiger partial charge in [0, 0.05) is 4.88 Å². The Kier molecular flexibility index (Phi) is 3.74. The number of aromatic hydroxyl groups is 2. The first kappa shape index (κ1) is 15.2. The van der Waals surface area contributed by atoms with Gasteiger partial charge in [-0.25, -0.2) is 9.97 Å². The fraction of sp³-hybridized carbons (Fsp3) is 0.188. The SMILES string of the molecule is Oc1cc(/C=N/Nc2ncnc3sc4c(c23)CCC4)cc(Cl)c1O. The van der Waals surface area contributed by atoms with E-state index < -0.39 is 0 Å². The van der Waals surface area contributed by atoms with Crippen LogP contribution in [0.5, 0.6) is 11.5 Å². The molecule has 0 atom stereocenters. The third-order valence-electron chi connectivity index (χ3n) is 3.95. The molecule has 2 heterocycles. The molecular weight excluding hydrogens is 348 g/mol. The number of aromatic nitrogens is 2. The van der Waals surface area contributed by atoms with E-state index in [1.54, 1.807) is 11.3 Å². The van der Waals surface area contributed by atoms with Gasteiger partial charge in [0.05, 0.1) is 16.6 Å². The van der Waals surface area contributed by atoms with E-state index in [0.29, 0.717) is 11.4 Å². The number of hydrazone groups is 1. The Morgan fingerprint density at radius 2 is 2.12 bits per heavy atom. The van der Waals surface area contributed by atoms with Crippen molar-refractivity contribution in [2.75, 3.05) is 5.43 Å². The summed E-state index contributed by atoms with van der Waals surface area (Å²) >= 11 is 7.55. The molecule has 0 amide bonds. The fourth-order valence-corrected chi connectivity index (χ4v) is 4.31. The molecule has 0 saturated carbocycles. The smallest absolute Gasteiger partial charge is 0.176 e. The lowest BCUT2D eigenvalue weighted by atomic mass is 10.2. The highest BCUT2D eigenvalue weighted by molar-refractivity contribution is 7.19. The van der Waals surface area contributed by atoms with E-state index in [1.165, 1.54) is 41.5 Å². The zero-order chi connectivity index (χ0) is 16.7. The number of phenols is 2. The van der Waals surface area contributed by atoms with Gasteiger partial charge in [-0.05, 0) is 42.5 Å². The van der Waals surface area contributed by atoms with E-state index >= 15 is 0 Å². The maximum absolute atomic E-state index is 9.58. The second kappa shape index (κ2) is 5.92. The molecule has 0 unspecified atom stereocenters. The van der Waals surface area contributed by atoms with Crippen molar-refractivity contribution < 1.29 is 10.2 Å². The Morgan fingerprint density at radius 1 is 1.25 bits per heavy atom. The first-order chi connectivity index (χ1) is 11.6. The molecule has 2 aromatic heterocycles. The predicted molar refractivity (Wildman–Crippen MR) is 95.4 cm³/mol. The zero-order valence-corrected chi connectivity index (χ0v) is 14.0. The summed E-state index contributed by atoms with van der Waals surface area (Å²) in [6.45, 7) is 0. The van der Waals surface area contributed by atoms with E-state index in [1.807, 2.05) is 0 Å². The number of benzene rings is 1. The van der Waals surface area contributed by atoms with Crippen molar-refractivity contribution in [1.29, 1.82) is 0 Å². The number of thiophene rings is 1. The summed E-state index contributed by atoms with van der Waals surface area (Å²) in [4.78, 5) is 11.0. The van der Waals surface area contributed by atoms with Crippen molar-refractivity contribution >= 4 is 45.2 Å². The standard InChI is InChI=1S/C16H13ClN4O2S/c17-10-4-8(5-11(22)14(10)23)6-20-21-15-13-9-2-1-3-12(9)24-16(13)19-7-18-15/h4-7,22-23H,1-3H2,(H,18,19,21)/b20-6+. The lowest BCUT2D eigenvalue weighted by molar-refractivity contribution is 0.404. The molecule has 3 aromatic rings. The van der Waals surface area contributed by atoms with Crippen molar-refractivity contribution in [3.05, 3.63) is 39.5 Å². The van der Waals surface area contributed by atoms with Gasteiger partial charge >= 0.3 is 0 Å². The maximum atomic E-state index is 9.58. The fourth-order valence-electron chi connectivity index (χ4n) is 2.86. The first-order valence-corrected chi connectivity index (χ1v) is 8.58. The molecule has 8 heteroatoms. The number of nitrogens with one attached hydrogen (secondary N) is 1. The Bertz CT molecular complexity index is 947. The number of hydrogen-bond acceptors (Lipinski definition) is 7. The molecular formula is C16H13ClN4O2S. The molecule has 6 nitrogen and oxygen atoms in total. The number of aryl methyl sites for hydroxylation is 2. The molecule has 1 aromatic carbocycles. The normalized spacial score (nSPS) is 13.7. The van der Waals surface area contributed by atoms with Crippen LogP contribution in [-0.2, 0) is 12.8 Å². The molecule has 3 N–H and O–H groups in total. The Morgan fingerprint density at radius 3 is 2.96 bits per heavy atom. The van der Waals surface area contributed by atoms with Crippen LogP contribution >= 0.6 is 22.9 Å². The summed E-state index contributed by atoms with van der Waals surface area (Å²) in [5, 5.41) is 24.3. The van der Waals surface area contributed by atoms with E-state index in [-0.39, 0.29) is 16.5 Å². The molecule has 24 heavy (non-hydrogen) atoms. The van der Waals surface area contributed by atoms with Crippen LogP contribution in [0.1, 0.15) is 22.4 Å². The van der Waals surface area contributed by atoms with Crippen LogP contribution in [0.15, 0.2) is 23.6 Å². The quantitative estimate of drug-likeness (QED) is 0.376. The van der Waals surface area contributed by atoms with Gasteiger partial charge < -0.3 is 10.2 Å². The molecule has 0 aliphatic heterocycles. The molecule has 4 rings (SSSR count). The maximum Gasteiger partial charge on any atom is 0.176 e. The average Bonchev–Trinajstić information content (AvgIpc) is 3.13. The molecule has 0 saturated heterocycles. The van der Waals surface area contributed by atoms with E-state index in [9.17, 15) is 10.2 Å². The third-order valence-corrected chi connectivity index (χ3v) is 5.44. The summed E-state index contributed by atoms with van der Waals surface area (Å²) in [5.74, 6) is 0.0434. The molecule has 0 spiro atoms. The summed E-state index contributed by atoms with van der Waals surface area (Å²) in [6.07, 6.45) is 6.34. The van der Waals surface area contributed by atoms with Gasteiger partial charge in [0.1, 0.15) is 11.2 Å². The number of anilines is 1. The Labute approximate surface area is 146 Å². The number of hydrogen-bond donors (Lipinski definition) is 3. The topological polar surface area (TPSA) is 90.6 Å². The summed E-state index contributed by atoms with van der Waals surface area (Å²) in [5.41, 5.74) is 4.82. The first-order valence-electron chi connectivity index (χ1n) is 7.39. The largest absolute Gasteiger partial charge is 0.504 e. The van der Waals surface area contributed by atoms with E-state index in [4.69, 9.17) is 11.6 Å². The molecule has 1 aliphatic carbocycles. The summed E-state index contributed by atoms with van der Waals surface area (Å²) < 4.78 is 0. The second-order valence-corrected chi connectivity index (χ2v) is 6.99. The van der Waals surface area contributed by atoms with Gasteiger partial charge in [0.15, 0.2) is 17.3 Å². The van der Waals surface area contributed by atoms with Gasteiger partial charge in [0.2, 0.25) is 0 Å². The van der Waals surface area contributed by atoms with Gasteiger partial charge in [-0.1, -0.05) is 11.6 Å². The summed E-state index contributed by atoms with van der Waals surface area (Å²) in [6, 6.07) is 2.89. The van der Waals surface area contributed by atoms with Crippen molar-refractivity contribution in [2.24, 2.45) is 5.10 Å². The highest BCUT2D eigenvalue weighted by atomic mass is 35.5. The van der Waals surface area contributed by atoms with Crippen LogP contribution in [0, 0.1) is 0 Å². The number of fused-ring (bicyclic) bond motifs is 3. The zero-order valence-electron chi connectivity index (χ0n) is 12.5. The van der Waals surface area contributed by atoms with Crippen molar-refractivity contribution in [3.63, 3.8) is 0 Å². The van der Waals surface area contributed by atoms with Gasteiger partial charge in [-0.15, -0.1) is 11.3 Å². The van der Waals surface area contributed by atoms with Gasteiger partial charge in [0.25, 0.3) is 0 Å². The van der Waals surface area contributed by atoms with Crippen LogP contribution in [0.4, 0.5) is 5.82 Å². The lowest BCUT2D eigenvalue weighted by Crippen LogP contribution is -1.96. The minimum Gasteiger partial charge on any atom is -0.504 e. The molecule has 0 radical (unpaired) electrons. The molecule has 1 aliphatic rings. The Balaban J connectivity index is 1.63. The minimum absolute atomic E-state index is 0.0662. The van der Waals surface area contributed by atoms with E-state index in [2.05, 4.69) is 20.5 Å². The highest BCUT2D eigenvalue weighted by Crippen LogP contribution is 2.39. The number of rotatable bonds is 3. The van der Waals surface area contributed by atoms with Crippen molar-refractivity contribution in [1.82, 2.24) is 9.97 Å². The van der Waals surface area contributed by atoms with Crippen LogP contribution in [-0.4, -0.2) is 26.4 Å². The highest BCUT2D eigenvalue weighted by Gasteiger charge is 2.20. The van der Waals surface area contributed by atoms with Crippen LogP contribution in [0.25, 0.3) is 10.2 Å². The van der Waals surface area contributed by atoms with Crippen molar-refractivity contribution in [3.8, 4) is 11.5 Å². The molecule has 0 bridgehead atoms. The number of phenolic OH excluding ortho intramolecular Hbond substituents is 2. The summed E-state index contributed by atoms with van der Waals surface area (Å²) in [7, 11) is 0.